The van der Waals surface area contributed by atoms with E-state index in [-0.39, 0.29) is 29.3 Å². The Bertz CT molecular complexity index is 1480. The highest BCUT2D eigenvalue weighted by molar-refractivity contribution is 6.31. The molecule has 0 aliphatic carbocycles. The van der Waals surface area contributed by atoms with Crippen molar-refractivity contribution in [3.05, 3.63) is 104 Å². The molecule has 0 radical (unpaired) electrons. The summed E-state index contributed by atoms with van der Waals surface area (Å²) >= 11 is 6.39. The molecule has 2 aliphatic rings. The molecule has 5 rings (SSSR count). The molecule has 164 valence electrons. The van der Waals surface area contributed by atoms with E-state index in [4.69, 9.17) is 22.1 Å². The van der Waals surface area contributed by atoms with Gasteiger partial charge in [0.2, 0.25) is 11.8 Å². The molecule has 3 heterocycles. The van der Waals surface area contributed by atoms with Crippen LogP contribution in [-0.4, -0.2) is 10.5 Å². The highest BCUT2D eigenvalue weighted by Gasteiger charge is 2.60. The molecule has 0 bridgehead atoms. The monoisotopic (exact) mass is 458 g/mol. The van der Waals surface area contributed by atoms with Gasteiger partial charge in [-0.2, -0.15) is 5.26 Å². The van der Waals surface area contributed by atoms with Crippen molar-refractivity contribution in [2.24, 2.45) is 12.8 Å². The number of para-hydroxylation sites is 1. The quantitative estimate of drug-likeness (QED) is 0.635. The fraction of sp³-hybridized carbons (Fsp3) is 0.160. The van der Waals surface area contributed by atoms with Crippen LogP contribution in [0, 0.1) is 18.3 Å². The molecule has 33 heavy (non-hydrogen) atoms. The number of aromatic nitrogens is 1. The maximum atomic E-state index is 14.3. The van der Waals surface area contributed by atoms with Crippen LogP contribution in [0.2, 0.25) is 5.02 Å². The van der Waals surface area contributed by atoms with Gasteiger partial charge < -0.3 is 19.9 Å². The number of rotatable bonds is 2. The van der Waals surface area contributed by atoms with E-state index in [9.17, 15) is 14.9 Å². The number of ether oxygens (including phenoxy) is 1. The van der Waals surface area contributed by atoms with Crippen LogP contribution in [-0.2, 0) is 23.8 Å². The summed E-state index contributed by atoms with van der Waals surface area (Å²) in [4.78, 5) is 29.4. The lowest BCUT2D eigenvalue weighted by molar-refractivity contribution is -0.121. The number of amides is 1. The number of halogens is 1. The van der Waals surface area contributed by atoms with Gasteiger partial charge in [-0.1, -0.05) is 48.0 Å². The second-order valence-electron chi connectivity index (χ2n) is 8.09. The number of fused-ring (bicyclic) bond motifs is 4. The van der Waals surface area contributed by atoms with E-state index in [2.05, 4.69) is 6.07 Å². The van der Waals surface area contributed by atoms with Crippen molar-refractivity contribution in [3.63, 3.8) is 0 Å². The van der Waals surface area contributed by atoms with E-state index in [1.807, 2.05) is 18.2 Å². The third-order valence-electron chi connectivity index (χ3n) is 6.41. The number of nitriles is 1. The second-order valence-corrected chi connectivity index (χ2v) is 8.50. The zero-order valence-corrected chi connectivity index (χ0v) is 18.7. The van der Waals surface area contributed by atoms with E-state index in [1.54, 1.807) is 55.3 Å². The highest BCUT2D eigenvalue weighted by atomic mass is 35.5. The molecule has 3 aromatic rings. The molecule has 1 aromatic heterocycles. The second kappa shape index (κ2) is 7.26. The van der Waals surface area contributed by atoms with Gasteiger partial charge in [0.25, 0.3) is 5.56 Å². The summed E-state index contributed by atoms with van der Waals surface area (Å²) in [6, 6.07) is 18.1. The number of nitrogens with zero attached hydrogens (tertiary/aromatic N) is 3. The minimum Gasteiger partial charge on any atom is -0.440 e. The van der Waals surface area contributed by atoms with Crippen molar-refractivity contribution in [2.75, 3.05) is 4.90 Å². The summed E-state index contributed by atoms with van der Waals surface area (Å²) in [5.74, 6) is -0.469. The number of hydrogen-bond donors (Lipinski definition) is 1. The van der Waals surface area contributed by atoms with Gasteiger partial charge in [0.1, 0.15) is 17.4 Å². The van der Waals surface area contributed by atoms with Gasteiger partial charge in [0, 0.05) is 35.1 Å². The smallest absolute Gasteiger partial charge is 0.259 e. The Morgan fingerprint density at radius 2 is 1.85 bits per heavy atom. The maximum absolute atomic E-state index is 14.3. The highest BCUT2D eigenvalue weighted by Crippen LogP contribution is 2.54. The molecule has 1 atom stereocenters. The third kappa shape index (κ3) is 2.68. The zero-order chi connectivity index (χ0) is 23.5. The number of hydrogen-bond acceptors (Lipinski definition) is 5. The van der Waals surface area contributed by atoms with Gasteiger partial charge in [0.15, 0.2) is 5.41 Å². The van der Waals surface area contributed by atoms with E-state index >= 15 is 0 Å². The van der Waals surface area contributed by atoms with E-state index in [1.165, 1.54) is 4.57 Å². The Morgan fingerprint density at radius 3 is 2.58 bits per heavy atom. The normalized spacial score (nSPS) is 18.7. The molecular weight excluding hydrogens is 440 g/mol. The van der Waals surface area contributed by atoms with E-state index in [0.717, 1.165) is 5.56 Å². The molecule has 7 nitrogen and oxygen atoms in total. The first-order valence-electron chi connectivity index (χ1n) is 10.3. The van der Waals surface area contributed by atoms with Crippen LogP contribution in [0.1, 0.15) is 22.4 Å². The summed E-state index contributed by atoms with van der Waals surface area (Å²) in [5.41, 5.74) is 6.47. The molecule has 0 saturated carbocycles. The number of benzene rings is 2. The number of aryl methyl sites for hydroxylation is 1. The third-order valence-corrected chi connectivity index (χ3v) is 6.78. The molecule has 1 amide bonds. The summed E-state index contributed by atoms with van der Waals surface area (Å²) in [6.45, 7) is 1.92. The average molecular weight is 459 g/mol. The van der Waals surface area contributed by atoms with Crippen LogP contribution >= 0.6 is 11.6 Å². The van der Waals surface area contributed by atoms with Crippen molar-refractivity contribution >= 4 is 23.2 Å². The Morgan fingerprint density at radius 1 is 1.15 bits per heavy atom. The first-order valence-corrected chi connectivity index (χ1v) is 10.6. The molecule has 2 aromatic carbocycles. The Labute approximate surface area is 194 Å². The number of carbonyl (C=O) groups is 1. The number of anilines is 1. The van der Waals surface area contributed by atoms with Crippen LogP contribution in [0.4, 0.5) is 5.69 Å². The minimum atomic E-state index is -1.72. The van der Waals surface area contributed by atoms with Gasteiger partial charge in [0.05, 0.1) is 12.1 Å². The molecule has 2 N–H and O–H groups in total. The van der Waals surface area contributed by atoms with Crippen molar-refractivity contribution in [1.82, 2.24) is 4.57 Å². The topological polar surface area (TPSA) is 101 Å². The van der Waals surface area contributed by atoms with Gasteiger partial charge in [-0.3, -0.25) is 9.59 Å². The molecule has 2 aliphatic heterocycles. The van der Waals surface area contributed by atoms with E-state index < -0.39 is 16.9 Å². The maximum Gasteiger partial charge on any atom is 0.259 e. The number of nitrogens with two attached hydrogens (primary N) is 1. The molecular formula is C25H19ClN4O3. The standard InChI is InChI=1S/C25H19ClN4O3/c1-14-11-20-21(23(31)29(14)2)25(17(12-27)22(28)33-20)16-8-4-6-10-19(16)30(24(25)32)13-15-7-3-5-9-18(15)26/h3-11H,13,28H2,1-2H3/t25-/m1/s1. The largest absolute Gasteiger partial charge is 0.440 e. The van der Waals surface area contributed by atoms with Gasteiger partial charge in [-0.05, 0) is 24.6 Å². The minimum absolute atomic E-state index is 0.0838. The van der Waals surface area contributed by atoms with Crippen molar-refractivity contribution < 1.29 is 9.53 Å². The van der Waals surface area contributed by atoms with Crippen molar-refractivity contribution in [1.29, 1.82) is 5.26 Å². The Balaban J connectivity index is 1.86. The fourth-order valence-electron chi connectivity index (χ4n) is 4.73. The lowest BCUT2D eigenvalue weighted by Crippen LogP contribution is -2.49. The Hall–Kier alpha value is -4.02. The first-order chi connectivity index (χ1) is 15.8. The fourth-order valence-corrected chi connectivity index (χ4v) is 4.92. The molecule has 8 heteroatoms. The van der Waals surface area contributed by atoms with Crippen LogP contribution in [0.3, 0.4) is 0 Å². The number of pyridine rings is 1. The van der Waals surface area contributed by atoms with Crippen LogP contribution in [0.25, 0.3) is 0 Å². The van der Waals surface area contributed by atoms with Gasteiger partial charge >= 0.3 is 0 Å². The lowest BCUT2D eigenvalue weighted by atomic mass is 9.69. The average Bonchev–Trinajstić information content (AvgIpc) is 3.03. The summed E-state index contributed by atoms with van der Waals surface area (Å²) < 4.78 is 7.14. The van der Waals surface area contributed by atoms with Crippen LogP contribution in [0.5, 0.6) is 5.75 Å². The van der Waals surface area contributed by atoms with Crippen LogP contribution < -0.4 is 20.9 Å². The predicted octanol–water partition coefficient (Wildman–Crippen LogP) is 3.27. The number of carbonyl (C=O) groups excluding carboxylic acids is 1. The summed E-state index contributed by atoms with van der Waals surface area (Å²) in [6.07, 6.45) is 0. The van der Waals surface area contributed by atoms with Crippen LogP contribution in [0.15, 0.2) is 70.8 Å². The molecule has 0 fully saturated rings. The van der Waals surface area contributed by atoms with Gasteiger partial charge in [-0.15, -0.1) is 0 Å². The first kappa shape index (κ1) is 20.9. The molecule has 0 saturated heterocycles. The Kier molecular flexibility index (Phi) is 4.59. The lowest BCUT2D eigenvalue weighted by Gasteiger charge is -2.34. The molecule has 1 spiro atoms. The predicted molar refractivity (Wildman–Crippen MR) is 124 cm³/mol. The molecule has 0 unspecified atom stereocenters. The SMILES string of the molecule is Cc1cc2c(c(=O)n1C)[C@]1(C(=O)N(Cc3ccccc3Cl)c3ccccc31)C(C#N)=C(N)O2. The van der Waals surface area contributed by atoms with E-state index in [0.29, 0.717) is 22.0 Å². The van der Waals surface area contributed by atoms with Crippen molar-refractivity contribution in [2.45, 2.75) is 18.9 Å². The zero-order valence-electron chi connectivity index (χ0n) is 17.9. The van der Waals surface area contributed by atoms with Crippen molar-refractivity contribution in [3.8, 4) is 11.8 Å². The summed E-state index contributed by atoms with van der Waals surface area (Å²) in [5, 5.41) is 10.6. The van der Waals surface area contributed by atoms with Gasteiger partial charge in [-0.25, -0.2) is 0 Å². The summed E-state index contributed by atoms with van der Waals surface area (Å²) in [7, 11) is 1.62.